The van der Waals surface area contributed by atoms with Crippen LogP contribution in [0.25, 0.3) is 11.3 Å². The highest BCUT2D eigenvalue weighted by Crippen LogP contribution is 2.36. The van der Waals surface area contributed by atoms with Gasteiger partial charge in [0.2, 0.25) is 0 Å². The molecule has 3 nitrogen and oxygen atoms in total. The number of hydrogen-bond acceptors (Lipinski definition) is 2. The number of anilines is 1. The number of aromatic amines is 1. The number of nitrogen functional groups attached to an aromatic ring is 1. The van der Waals surface area contributed by atoms with Crippen LogP contribution in [0.4, 0.5) is 5.82 Å². The zero-order chi connectivity index (χ0) is 13.3. The minimum atomic E-state index is 0.488. The van der Waals surface area contributed by atoms with E-state index in [2.05, 4.69) is 24.0 Å². The van der Waals surface area contributed by atoms with Crippen LogP contribution < -0.4 is 5.73 Å². The second-order valence-corrected chi connectivity index (χ2v) is 5.45. The molecular formula is C13H15Cl2N3. The monoisotopic (exact) mass is 283 g/mol. The molecular weight excluding hydrogens is 269 g/mol. The van der Waals surface area contributed by atoms with Gasteiger partial charge in [-0.25, -0.2) is 0 Å². The van der Waals surface area contributed by atoms with Gasteiger partial charge >= 0.3 is 0 Å². The third-order valence-electron chi connectivity index (χ3n) is 2.73. The Morgan fingerprint density at radius 3 is 2.72 bits per heavy atom. The Bertz CT molecular complexity index is 561. The summed E-state index contributed by atoms with van der Waals surface area (Å²) in [5.74, 6) is 1.01. The lowest BCUT2D eigenvalue weighted by Gasteiger charge is -2.09. The molecule has 2 aromatic rings. The Hall–Kier alpha value is -1.19. The molecule has 3 N–H and O–H groups in total. The summed E-state index contributed by atoms with van der Waals surface area (Å²) < 4.78 is 0. The highest BCUT2D eigenvalue weighted by Gasteiger charge is 2.17. The van der Waals surface area contributed by atoms with Crippen molar-refractivity contribution in [3.63, 3.8) is 0 Å². The maximum absolute atomic E-state index is 6.22. The van der Waals surface area contributed by atoms with Gasteiger partial charge in [-0.15, -0.1) is 0 Å². The van der Waals surface area contributed by atoms with E-state index in [1.807, 2.05) is 12.1 Å². The van der Waals surface area contributed by atoms with Crippen molar-refractivity contribution in [2.24, 2.45) is 5.92 Å². The summed E-state index contributed by atoms with van der Waals surface area (Å²) in [5.41, 5.74) is 8.58. The Balaban J connectivity index is 2.54. The zero-order valence-electron chi connectivity index (χ0n) is 10.3. The quantitative estimate of drug-likeness (QED) is 0.889. The highest BCUT2D eigenvalue weighted by atomic mass is 35.5. The molecule has 0 amide bonds. The Morgan fingerprint density at radius 2 is 2.06 bits per heavy atom. The molecule has 0 spiro atoms. The number of hydrogen-bond donors (Lipinski definition) is 2. The molecule has 1 aromatic carbocycles. The Kier molecular flexibility index (Phi) is 3.83. The van der Waals surface area contributed by atoms with Crippen molar-refractivity contribution in [2.45, 2.75) is 20.3 Å². The average molecular weight is 284 g/mol. The first-order valence-corrected chi connectivity index (χ1v) is 6.53. The van der Waals surface area contributed by atoms with Gasteiger partial charge in [0.25, 0.3) is 0 Å². The van der Waals surface area contributed by atoms with Gasteiger partial charge in [-0.3, -0.25) is 5.10 Å². The molecule has 0 unspecified atom stereocenters. The molecule has 18 heavy (non-hydrogen) atoms. The predicted molar refractivity (Wildman–Crippen MR) is 77.0 cm³/mol. The Labute approximate surface area is 116 Å². The van der Waals surface area contributed by atoms with Crippen LogP contribution in [0.3, 0.4) is 0 Å². The standard InChI is InChI=1S/C13H15Cl2N3/c1-7(2)6-9-12(17-18-13(9)16)8-4-3-5-10(14)11(8)15/h3-5,7H,6H2,1-2H3,(H3,16,17,18). The summed E-state index contributed by atoms with van der Waals surface area (Å²) in [7, 11) is 0. The van der Waals surface area contributed by atoms with Gasteiger partial charge in [0.15, 0.2) is 0 Å². The van der Waals surface area contributed by atoms with E-state index < -0.39 is 0 Å². The van der Waals surface area contributed by atoms with E-state index in [4.69, 9.17) is 28.9 Å². The summed E-state index contributed by atoms with van der Waals surface area (Å²) in [6.45, 7) is 4.27. The van der Waals surface area contributed by atoms with Crippen LogP contribution in [0.15, 0.2) is 18.2 Å². The molecule has 0 bridgehead atoms. The fourth-order valence-electron chi connectivity index (χ4n) is 1.91. The lowest BCUT2D eigenvalue weighted by atomic mass is 9.99. The van der Waals surface area contributed by atoms with Crippen molar-refractivity contribution < 1.29 is 0 Å². The molecule has 0 saturated heterocycles. The minimum Gasteiger partial charge on any atom is -0.382 e. The zero-order valence-corrected chi connectivity index (χ0v) is 11.8. The topological polar surface area (TPSA) is 54.7 Å². The van der Waals surface area contributed by atoms with Gasteiger partial charge in [-0.2, -0.15) is 5.10 Å². The molecule has 5 heteroatoms. The van der Waals surface area contributed by atoms with Crippen LogP contribution in [0, 0.1) is 5.92 Å². The third kappa shape index (κ3) is 2.47. The largest absolute Gasteiger partial charge is 0.382 e. The number of H-pyrrole nitrogens is 1. The van der Waals surface area contributed by atoms with E-state index in [1.165, 1.54) is 0 Å². The SMILES string of the molecule is CC(C)Cc1c(N)n[nH]c1-c1cccc(Cl)c1Cl. The summed E-state index contributed by atoms with van der Waals surface area (Å²) in [6.07, 6.45) is 0.848. The molecule has 2 rings (SSSR count). The van der Waals surface area contributed by atoms with Crippen molar-refractivity contribution in [1.29, 1.82) is 0 Å². The first kappa shape index (κ1) is 13.2. The van der Waals surface area contributed by atoms with Crippen molar-refractivity contribution in [1.82, 2.24) is 10.2 Å². The van der Waals surface area contributed by atoms with Gasteiger partial charge in [0.05, 0.1) is 15.7 Å². The number of aromatic nitrogens is 2. The van der Waals surface area contributed by atoms with E-state index in [9.17, 15) is 0 Å². The van der Waals surface area contributed by atoms with Crippen molar-refractivity contribution in [3.8, 4) is 11.3 Å². The van der Waals surface area contributed by atoms with Gasteiger partial charge < -0.3 is 5.73 Å². The summed E-state index contributed by atoms with van der Waals surface area (Å²) in [4.78, 5) is 0. The summed E-state index contributed by atoms with van der Waals surface area (Å²) in [6, 6.07) is 5.53. The van der Waals surface area contributed by atoms with E-state index in [0.717, 1.165) is 23.2 Å². The van der Waals surface area contributed by atoms with Crippen LogP contribution in [0.2, 0.25) is 10.0 Å². The fourth-order valence-corrected chi connectivity index (χ4v) is 2.31. The van der Waals surface area contributed by atoms with Gasteiger partial charge in [0, 0.05) is 11.1 Å². The molecule has 0 saturated carbocycles. The van der Waals surface area contributed by atoms with Crippen LogP contribution in [0.5, 0.6) is 0 Å². The maximum atomic E-state index is 6.22. The summed E-state index contributed by atoms with van der Waals surface area (Å²) >= 11 is 12.3. The molecule has 0 aliphatic rings. The first-order valence-electron chi connectivity index (χ1n) is 5.77. The van der Waals surface area contributed by atoms with Crippen LogP contribution in [0.1, 0.15) is 19.4 Å². The normalized spacial score (nSPS) is 11.2. The van der Waals surface area contributed by atoms with Gasteiger partial charge in [0.1, 0.15) is 5.82 Å². The fraction of sp³-hybridized carbons (Fsp3) is 0.308. The van der Waals surface area contributed by atoms with E-state index >= 15 is 0 Å². The molecule has 0 fully saturated rings. The average Bonchev–Trinajstić information content (AvgIpc) is 2.64. The van der Waals surface area contributed by atoms with E-state index in [1.54, 1.807) is 6.07 Å². The van der Waals surface area contributed by atoms with Crippen molar-refractivity contribution >= 4 is 29.0 Å². The minimum absolute atomic E-state index is 0.488. The lowest BCUT2D eigenvalue weighted by molar-refractivity contribution is 0.649. The number of nitrogens with one attached hydrogen (secondary N) is 1. The highest BCUT2D eigenvalue weighted by molar-refractivity contribution is 6.43. The van der Waals surface area contributed by atoms with Gasteiger partial charge in [-0.1, -0.05) is 49.2 Å². The Morgan fingerprint density at radius 1 is 1.33 bits per heavy atom. The number of halogens is 2. The number of nitrogens with zero attached hydrogens (tertiary/aromatic N) is 1. The number of nitrogens with two attached hydrogens (primary N) is 1. The molecule has 0 atom stereocenters. The maximum Gasteiger partial charge on any atom is 0.149 e. The second-order valence-electron chi connectivity index (χ2n) is 4.66. The van der Waals surface area contributed by atoms with Crippen LogP contribution in [-0.2, 0) is 6.42 Å². The predicted octanol–water partition coefficient (Wildman–Crippen LogP) is 4.16. The number of benzene rings is 1. The van der Waals surface area contributed by atoms with E-state index in [0.29, 0.717) is 21.8 Å². The molecule has 1 aromatic heterocycles. The third-order valence-corrected chi connectivity index (χ3v) is 3.55. The van der Waals surface area contributed by atoms with Crippen molar-refractivity contribution in [3.05, 3.63) is 33.8 Å². The smallest absolute Gasteiger partial charge is 0.149 e. The molecule has 96 valence electrons. The molecule has 0 aliphatic heterocycles. The second kappa shape index (κ2) is 5.21. The van der Waals surface area contributed by atoms with Crippen LogP contribution in [-0.4, -0.2) is 10.2 Å². The van der Waals surface area contributed by atoms with Crippen LogP contribution >= 0.6 is 23.2 Å². The number of rotatable bonds is 3. The summed E-state index contributed by atoms with van der Waals surface area (Å²) in [5, 5.41) is 8.06. The first-order chi connectivity index (χ1) is 8.50. The molecule has 0 aliphatic carbocycles. The van der Waals surface area contributed by atoms with Crippen molar-refractivity contribution in [2.75, 3.05) is 5.73 Å². The molecule has 1 heterocycles. The van der Waals surface area contributed by atoms with E-state index in [-0.39, 0.29) is 0 Å². The lowest BCUT2D eigenvalue weighted by Crippen LogP contribution is -1.99. The van der Waals surface area contributed by atoms with Gasteiger partial charge in [-0.05, 0) is 18.4 Å². The molecule has 0 radical (unpaired) electrons.